The Labute approximate surface area is 153 Å². The Morgan fingerprint density at radius 2 is 1.84 bits per heavy atom. The van der Waals surface area contributed by atoms with Crippen LogP contribution < -0.4 is 10.6 Å². The summed E-state index contributed by atoms with van der Waals surface area (Å²) in [5.41, 5.74) is 1.81. The minimum atomic E-state index is -0.448. The number of halogens is 3. The molecule has 0 saturated carbocycles. The van der Waals surface area contributed by atoms with Crippen LogP contribution in [0.5, 0.6) is 0 Å². The smallest absolute Gasteiger partial charge is 0.274 e. The second kappa shape index (κ2) is 7.51. The molecule has 0 saturated heterocycles. The number of rotatable bonds is 4. The zero-order valence-corrected chi connectivity index (χ0v) is 14.3. The van der Waals surface area contributed by atoms with E-state index in [0.29, 0.717) is 27.1 Å². The fourth-order valence-corrected chi connectivity index (χ4v) is 2.60. The van der Waals surface area contributed by atoms with Crippen molar-refractivity contribution in [3.8, 4) is 0 Å². The number of carbonyl (C=O) groups is 1. The monoisotopic (exact) mass is 375 g/mol. The molecule has 0 atom stereocenters. The predicted octanol–water partition coefficient (Wildman–Crippen LogP) is 5.52. The number of aromatic nitrogens is 1. The van der Waals surface area contributed by atoms with Crippen molar-refractivity contribution in [3.05, 3.63) is 82.4 Å². The molecule has 3 aromatic rings. The highest BCUT2D eigenvalue weighted by molar-refractivity contribution is 6.36. The average Bonchev–Trinajstić information content (AvgIpc) is 2.58. The molecular formula is C18H12Cl2FN3O. The topological polar surface area (TPSA) is 54.0 Å². The van der Waals surface area contributed by atoms with Crippen molar-refractivity contribution < 1.29 is 9.18 Å². The lowest BCUT2D eigenvalue weighted by Crippen LogP contribution is -2.13. The van der Waals surface area contributed by atoms with Crippen molar-refractivity contribution in [3.63, 3.8) is 0 Å². The SMILES string of the molecule is O=C(Nc1cccc(F)c1)c1cc(Nc2ccc(Cl)cc2Cl)ccn1. The zero-order valence-electron chi connectivity index (χ0n) is 12.8. The molecule has 0 aliphatic heterocycles. The molecule has 1 aromatic heterocycles. The molecule has 0 fully saturated rings. The fourth-order valence-electron chi connectivity index (χ4n) is 2.14. The number of pyridine rings is 1. The lowest BCUT2D eigenvalue weighted by molar-refractivity contribution is 0.102. The van der Waals surface area contributed by atoms with Gasteiger partial charge in [0.15, 0.2) is 0 Å². The van der Waals surface area contributed by atoms with Gasteiger partial charge in [0.1, 0.15) is 11.5 Å². The molecule has 2 N–H and O–H groups in total. The number of carbonyl (C=O) groups excluding carboxylic acids is 1. The highest BCUT2D eigenvalue weighted by Crippen LogP contribution is 2.28. The van der Waals surface area contributed by atoms with Gasteiger partial charge in [-0.15, -0.1) is 0 Å². The fraction of sp³-hybridized carbons (Fsp3) is 0. The molecule has 0 bridgehead atoms. The van der Waals surface area contributed by atoms with Gasteiger partial charge in [-0.25, -0.2) is 4.39 Å². The zero-order chi connectivity index (χ0) is 17.8. The Morgan fingerprint density at radius 1 is 1.00 bits per heavy atom. The van der Waals surface area contributed by atoms with E-state index in [1.165, 1.54) is 24.4 Å². The summed E-state index contributed by atoms with van der Waals surface area (Å²) in [5.74, 6) is -0.880. The van der Waals surface area contributed by atoms with Crippen LogP contribution in [0.1, 0.15) is 10.5 Å². The van der Waals surface area contributed by atoms with E-state index in [2.05, 4.69) is 15.6 Å². The average molecular weight is 376 g/mol. The molecule has 1 heterocycles. The maximum Gasteiger partial charge on any atom is 0.274 e. The second-order valence-corrected chi connectivity index (χ2v) is 5.99. The van der Waals surface area contributed by atoms with Gasteiger partial charge in [0.05, 0.1) is 10.7 Å². The van der Waals surface area contributed by atoms with E-state index in [1.807, 2.05) is 0 Å². The molecule has 126 valence electrons. The van der Waals surface area contributed by atoms with E-state index < -0.39 is 11.7 Å². The number of hydrogen-bond acceptors (Lipinski definition) is 3. The Hall–Kier alpha value is -2.63. The third-order valence-corrected chi connectivity index (χ3v) is 3.83. The lowest BCUT2D eigenvalue weighted by Gasteiger charge is -2.10. The van der Waals surface area contributed by atoms with Crippen molar-refractivity contribution in [2.24, 2.45) is 0 Å². The molecule has 7 heteroatoms. The van der Waals surface area contributed by atoms with Crippen molar-refractivity contribution in [1.82, 2.24) is 4.98 Å². The Balaban J connectivity index is 1.77. The first-order chi connectivity index (χ1) is 12.0. The first-order valence-electron chi connectivity index (χ1n) is 7.26. The van der Waals surface area contributed by atoms with Gasteiger partial charge in [0, 0.05) is 22.6 Å². The maximum absolute atomic E-state index is 13.2. The minimum Gasteiger partial charge on any atom is -0.354 e. The largest absolute Gasteiger partial charge is 0.354 e. The van der Waals surface area contributed by atoms with E-state index in [4.69, 9.17) is 23.2 Å². The number of nitrogens with zero attached hydrogens (tertiary/aromatic N) is 1. The molecule has 1 amide bonds. The predicted molar refractivity (Wildman–Crippen MR) is 98.3 cm³/mol. The van der Waals surface area contributed by atoms with Crippen molar-refractivity contribution in [2.75, 3.05) is 10.6 Å². The van der Waals surface area contributed by atoms with Crippen LogP contribution in [0.4, 0.5) is 21.5 Å². The molecule has 2 aromatic carbocycles. The summed E-state index contributed by atoms with van der Waals surface area (Å²) in [6, 6.07) is 14.0. The van der Waals surface area contributed by atoms with Crippen molar-refractivity contribution >= 4 is 46.2 Å². The number of amides is 1. The van der Waals surface area contributed by atoms with E-state index in [1.54, 1.807) is 36.4 Å². The van der Waals surface area contributed by atoms with Crippen molar-refractivity contribution in [1.29, 1.82) is 0 Å². The van der Waals surface area contributed by atoms with Crippen LogP contribution in [0, 0.1) is 5.82 Å². The van der Waals surface area contributed by atoms with Crippen LogP contribution >= 0.6 is 23.2 Å². The summed E-state index contributed by atoms with van der Waals surface area (Å²) in [4.78, 5) is 16.3. The molecule has 3 rings (SSSR count). The number of benzene rings is 2. The Bertz CT molecular complexity index is 934. The summed E-state index contributed by atoms with van der Waals surface area (Å²) >= 11 is 12.0. The summed E-state index contributed by atoms with van der Waals surface area (Å²) in [7, 11) is 0. The van der Waals surface area contributed by atoms with E-state index in [-0.39, 0.29) is 5.69 Å². The summed E-state index contributed by atoms with van der Waals surface area (Å²) in [6.45, 7) is 0. The van der Waals surface area contributed by atoms with Gasteiger partial charge in [-0.2, -0.15) is 0 Å². The summed E-state index contributed by atoms with van der Waals surface area (Å²) in [6.07, 6.45) is 1.49. The van der Waals surface area contributed by atoms with E-state index >= 15 is 0 Å². The number of nitrogens with one attached hydrogen (secondary N) is 2. The minimum absolute atomic E-state index is 0.180. The van der Waals surface area contributed by atoms with Gasteiger partial charge in [-0.1, -0.05) is 29.3 Å². The standard InChI is InChI=1S/C18H12Cl2FN3O/c19-11-4-5-16(15(20)8-11)23-14-6-7-22-17(10-14)18(25)24-13-3-1-2-12(21)9-13/h1-10H,(H,22,23)(H,24,25). The van der Waals surface area contributed by atoms with Crippen LogP contribution in [-0.4, -0.2) is 10.9 Å². The Kier molecular flexibility index (Phi) is 5.16. The highest BCUT2D eigenvalue weighted by Gasteiger charge is 2.10. The van der Waals surface area contributed by atoms with Crippen LogP contribution in [0.2, 0.25) is 10.0 Å². The van der Waals surface area contributed by atoms with Gasteiger partial charge in [-0.05, 0) is 48.5 Å². The molecule has 4 nitrogen and oxygen atoms in total. The van der Waals surface area contributed by atoms with E-state index in [0.717, 1.165) is 0 Å². The second-order valence-electron chi connectivity index (χ2n) is 5.14. The lowest BCUT2D eigenvalue weighted by atomic mass is 10.2. The van der Waals surface area contributed by atoms with Crippen LogP contribution in [0.3, 0.4) is 0 Å². The van der Waals surface area contributed by atoms with Gasteiger partial charge in [-0.3, -0.25) is 9.78 Å². The normalized spacial score (nSPS) is 10.4. The number of hydrogen-bond donors (Lipinski definition) is 2. The van der Waals surface area contributed by atoms with Gasteiger partial charge in [0.2, 0.25) is 0 Å². The first-order valence-corrected chi connectivity index (χ1v) is 8.02. The summed E-state index contributed by atoms with van der Waals surface area (Å²) < 4.78 is 13.2. The third kappa shape index (κ3) is 4.47. The first kappa shape index (κ1) is 17.2. The molecule has 25 heavy (non-hydrogen) atoms. The van der Waals surface area contributed by atoms with Gasteiger partial charge >= 0.3 is 0 Å². The quantitative estimate of drug-likeness (QED) is 0.630. The van der Waals surface area contributed by atoms with E-state index in [9.17, 15) is 9.18 Å². The van der Waals surface area contributed by atoms with Crippen molar-refractivity contribution in [2.45, 2.75) is 0 Å². The molecule has 0 radical (unpaired) electrons. The van der Waals surface area contributed by atoms with Gasteiger partial charge < -0.3 is 10.6 Å². The summed E-state index contributed by atoms with van der Waals surface area (Å²) in [5, 5.41) is 6.68. The number of anilines is 3. The van der Waals surface area contributed by atoms with Crippen LogP contribution in [0.25, 0.3) is 0 Å². The highest BCUT2D eigenvalue weighted by atomic mass is 35.5. The Morgan fingerprint density at radius 3 is 2.60 bits per heavy atom. The maximum atomic E-state index is 13.2. The molecule has 0 unspecified atom stereocenters. The third-order valence-electron chi connectivity index (χ3n) is 3.29. The van der Waals surface area contributed by atoms with Crippen LogP contribution in [0.15, 0.2) is 60.8 Å². The molecule has 0 aliphatic rings. The molecular weight excluding hydrogens is 364 g/mol. The van der Waals surface area contributed by atoms with Gasteiger partial charge in [0.25, 0.3) is 5.91 Å². The molecule has 0 aliphatic carbocycles. The molecule has 0 spiro atoms. The van der Waals surface area contributed by atoms with Crippen LogP contribution in [-0.2, 0) is 0 Å².